The maximum absolute atomic E-state index is 11.7. The van der Waals surface area contributed by atoms with E-state index in [1.165, 1.54) is 44.9 Å². The number of thiol groups is 1. The van der Waals surface area contributed by atoms with E-state index in [4.69, 9.17) is 10.5 Å². The predicted molar refractivity (Wildman–Crippen MR) is 137 cm³/mol. The Morgan fingerprint density at radius 3 is 1.97 bits per heavy atom. The second-order valence-electron chi connectivity index (χ2n) is 7.90. The molecule has 30 heavy (non-hydrogen) atoms. The monoisotopic (exact) mass is 444 g/mol. The molecule has 1 fully saturated rings. The molecule has 0 radical (unpaired) electrons. The summed E-state index contributed by atoms with van der Waals surface area (Å²) in [5.74, 6) is 1.26. The largest absolute Gasteiger partial charge is 0.377 e. The molecule has 0 aliphatic carbocycles. The molecule has 1 aliphatic rings. The van der Waals surface area contributed by atoms with E-state index in [2.05, 4.69) is 60.1 Å². The number of nitrogens with zero attached hydrogens (tertiary/aromatic N) is 1. The van der Waals surface area contributed by atoms with Crippen molar-refractivity contribution in [3.05, 3.63) is 0 Å². The second-order valence-corrected chi connectivity index (χ2v) is 8.26. The lowest BCUT2D eigenvalue weighted by Crippen LogP contribution is -2.41. The number of carbonyl (C=O) groups excluding carboxylic acids is 1. The van der Waals surface area contributed by atoms with Crippen LogP contribution < -0.4 is 5.73 Å². The molecule has 0 spiro atoms. The highest BCUT2D eigenvalue weighted by molar-refractivity contribution is 7.80. The fraction of sp³-hybridized carbons (Fsp3) is 0.880. The maximum Gasteiger partial charge on any atom is 0.239 e. The first-order valence-corrected chi connectivity index (χ1v) is 12.6. The van der Waals surface area contributed by atoms with E-state index in [0.717, 1.165) is 38.3 Å². The van der Waals surface area contributed by atoms with Gasteiger partial charge in [0.15, 0.2) is 0 Å². The van der Waals surface area contributed by atoms with Crippen LogP contribution in [0.4, 0.5) is 0 Å². The highest BCUT2D eigenvalue weighted by Gasteiger charge is 2.28. The number of carbonyl (C=O) groups is 1. The van der Waals surface area contributed by atoms with E-state index in [9.17, 15) is 4.79 Å². The highest BCUT2D eigenvalue weighted by atomic mass is 32.1. The van der Waals surface area contributed by atoms with E-state index in [1.807, 2.05) is 4.90 Å². The maximum atomic E-state index is 11.7. The Labute approximate surface area is 194 Å². The van der Waals surface area contributed by atoms with Crippen LogP contribution >= 0.6 is 12.6 Å². The summed E-state index contributed by atoms with van der Waals surface area (Å²) < 4.78 is 5.77. The third-order valence-corrected chi connectivity index (χ3v) is 5.08. The minimum absolute atomic E-state index is 0.0498. The summed E-state index contributed by atoms with van der Waals surface area (Å²) in [6.07, 6.45) is 20.0. The number of unbranched alkanes of at least 4 members (excludes halogenated alkanes) is 5. The molecule has 1 aliphatic heterocycles. The van der Waals surface area contributed by atoms with Crippen LogP contribution in [0.15, 0.2) is 0 Å². The van der Waals surface area contributed by atoms with Gasteiger partial charge in [-0.3, -0.25) is 4.79 Å². The van der Waals surface area contributed by atoms with Gasteiger partial charge in [-0.1, -0.05) is 79.6 Å². The van der Waals surface area contributed by atoms with Crippen LogP contribution in [0.3, 0.4) is 0 Å². The van der Waals surface area contributed by atoms with Gasteiger partial charge in [-0.2, -0.15) is 12.6 Å². The van der Waals surface area contributed by atoms with Crippen molar-refractivity contribution in [1.29, 1.82) is 0 Å². The van der Waals surface area contributed by atoms with Crippen molar-refractivity contribution in [2.45, 2.75) is 111 Å². The summed E-state index contributed by atoms with van der Waals surface area (Å²) in [5, 5.41) is 0. The van der Waals surface area contributed by atoms with Gasteiger partial charge in [-0.15, -0.1) is 12.8 Å². The fourth-order valence-corrected chi connectivity index (χ4v) is 3.25. The first-order chi connectivity index (χ1) is 14.4. The van der Waals surface area contributed by atoms with Crippen LogP contribution in [0.25, 0.3) is 0 Å². The van der Waals surface area contributed by atoms with E-state index in [1.54, 1.807) is 6.92 Å². The summed E-state index contributed by atoms with van der Waals surface area (Å²) >= 11 is 4.24. The van der Waals surface area contributed by atoms with E-state index in [-0.39, 0.29) is 12.0 Å². The van der Waals surface area contributed by atoms with Crippen molar-refractivity contribution in [3.8, 4) is 12.8 Å². The van der Waals surface area contributed by atoms with Crippen molar-refractivity contribution in [3.63, 3.8) is 0 Å². The number of rotatable bonds is 11. The smallest absolute Gasteiger partial charge is 0.239 e. The first kappa shape index (κ1) is 33.9. The van der Waals surface area contributed by atoms with Crippen molar-refractivity contribution in [1.82, 2.24) is 4.90 Å². The molecule has 3 unspecified atom stereocenters. The quantitative estimate of drug-likeness (QED) is 0.235. The lowest BCUT2D eigenvalue weighted by atomic mass is 10.1. The molecule has 180 valence electrons. The van der Waals surface area contributed by atoms with Gasteiger partial charge in [-0.25, -0.2) is 0 Å². The molecule has 1 rings (SSSR count). The molecule has 1 saturated heterocycles. The Hall–Kier alpha value is -0.700. The lowest BCUT2D eigenvalue weighted by Gasteiger charge is -2.20. The number of nitrogens with two attached hydrogens (primary N) is 1. The zero-order valence-electron chi connectivity index (χ0n) is 20.9. The molecule has 4 nitrogen and oxygen atoms in total. The Morgan fingerprint density at radius 1 is 1.10 bits per heavy atom. The van der Waals surface area contributed by atoms with E-state index in [0.29, 0.717) is 5.92 Å². The molecule has 0 aromatic rings. The summed E-state index contributed by atoms with van der Waals surface area (Å²) in [6, 6.07) is -0.393. The average molecular weight is 445 g/mol. The normalized spacial score (nSPS) is 16.7. The molecule has 0 aromatic heterocycles. The second kappa shape index (κ2) is 26.3. The van der Waals surface area contributed by atoms with Crippen LogP contribution in [-0.4, -0.2) is 48.4 Å². The molecule has 1 heterocycles. The number of ether oxygens (including phenoxy) is 1. The topological polar surface area (TPSA) is 55.6 Å². The van der Waals surface area contributed by atoms with Crippen molar-refractivity contribution in [2.24, 2.45) is 11.7 Å². The van der Waals surface area contributed by atoms with Gasteiger partial charge in [0.2, 0.25) is 5.91 Å². The van der Waals surface area contributed by atoms with Crippen LogP contribution in [0.2, 0.25) is 0 Å². The zero-order chi connectivity index (χ0) is 23.8. The molecule has 0 bridgehead atoms. The summed E-state index contributed by atoms with van der Waals surface area (Å²) in [5.41, 5.74) is 5.59. The third kappa shape index (κ3) is 20.6. The van der Waals surface area contributed by atoms with Crippen molar-refractivity contribution < 1.29 is 9.53 Å². The van der Waals surface area contributed by atoms with Crippen molar-refractivity contribution in [2.75, 3.05) is 25.4 Å². The van der Waals surface area contributed by atoms with Gasteiger partial charge in [0, 0.05) is 24.8 Å². The Kier molecular flexibility index (Phi) is 29.8. The molecule has 5 heteroatoms. The van der Waals surface area contributed by atoms with Gasteiger partial charge < -0.3 is 15.4 Å². The van der Waals surface area contributed by atoms with Gasteiger partial charge >= 0.3 is 0 Å². The zero-order valence-corrected chi connectivity index (χ0v) is 21.8. The molecule has 2 N–H and O–H groups in total. The summed E-state index contributed by atoms with van der Waals surface area (Å²) in [4.78, 5) is 13.5. The van der Waals surface area contributed by atoms with Gasteiger partial charge in [0.1, 0.15) is 0 Å². The van der Waals surface area contributed by atoms with Gasteiger partial charge in [0.25, 0.3) is 0 Å². The minimum atomic E-state index is -0.393. The van der Waals surface area contributed by atoms with Gasteiger partial charge in [-0.05, 0) is 19.8 Å². The predicted octanol–water partition coefficient (Wildman–Crippen LogP) is 5.94. The standard InChI is InChI=1S/C12H24N2O2S.C8H18.C3H8.C2H2/c1-3-11(8-17)16-7-10-4-5-14(6-10)12(15)9(2)13;1-3-5-7-8-6-4-2;1-3-2;1-2/h9-11,17H,3-8,13H2,1-2H3;3-8H2,1-2H3;3H2,1-2H3;1-2H. The molecular weight excluding hydrogens is 392 g/mol. The Balaban J connectivity index is -0.000000469. The molecule has 1 amide bonds. The van der Waals surface area contributed by atoms with Crippen LogP contribution in [0.1, 0.15) is 99.3 Å². The number of terminal acetylenes is 1. The number of hydrogen-bond donors (Lipinski definition) is 2. The average Bonchev–Trinajstić information content (AvgIpc) is 3.23. The first-order valence-electron chi connectivity index (χ1n) is 12.0. The number of likely N-dealkylation sites (tertiary alicyclic amines) is 1. The lowest BCUT2D eigenvalue weighted by molar-refractivity contribution is -0.131. The van der Waals surface area contributed by atoms with Crippen LogP contribution in [0, 0.1) is 18.8 Å². The fourth-order valence-electron chi connectivity index (χ4n) is 2.88. The third-order valence-electron chi connectivity index (χ3n) is 4.67. The molecule has 0 saturated carbocycles. The van der Waals surface area contributed by atoms with Crippen LogP contribution in [-0.2, 0) is 9.53 Å². The highest BCUT2D eigenvalue weighted by Crippen LogP contribution is 2.18. The van der Waals surface area contributed by atoms with Crippen LogP contribution in [0.5, 0.6) is 0 Å². The minimum Gasteiger partial charge on any atom is -0.377 e. The summed E-state index contributed by atoms with van der Waals surface area (Å²) in [6.45, 7) is 14.9. The van der Waals surface area contributed by atoms with Crippen molar-refractivity contribution >= 4 is 18.5 Å². The molecule has 3 atom stereocenters. The Bertz CT molecular complexity index is 365. The number of amides is 1. The SMILES string of the molecule is C#C.CCC.CCC(CS)OCC1CCN(C(=O)C(C)N)C1.CCCCCCCC. The molecule has 0 aromatic carbocycles. The molecular formula is C25H52N2O2S. The van der Waals surface area contributed by atoms with Gasteiger partial charge in [0.05, 0.1) is 18.8 Å². The van der Waals surface area contributed by atoms with E-state index < -0.39 is 6.04 Å². The van der Waals surface area contributed by atoms with E-state index >= 15 is 0 Å². The number of hydrogen-bond acceptors (Lipinski definition) is 4. The summed E-state index contributed by atoms with van der Waals surface area (Å²) in [7, 11) is 0. The Morgan fingerprint density at radius 2 is 1.60 bits per heavy atom.